The van der Waals surface area contributed by atoms with Gasteiger partial charge in [0.25, 0.3) is 5.91 Å². The molecule has 0 fully saturated rings. The first-order valence-electron chi connectivity index (χ1n) is 12.8. The van der Waals surface area contributed by atoms with Crippen LogP contribution in [0.5, 0.6) is 17.2 Å². The number of benzene rings is 3. The Kier molecular flexibility index (Phi) is 8.71. The van der Waals surface area contributed by atoms with Crippen molar-refractivity contribution < 1.29 is 35.8 Å². The van der Waals surface area contributed by atoms with Gasteiger partial charge in [-0.2, -0.15) is 13.2 Å². The number of anilines is 3. The van der Waals surface area contributed by atoms with Gasteiger partial charge in [-0.05, 0) is 49.7 Å². The minimum absolute atomic E-state index is 0.105. The number of rotatable bonds is 10. The van der Waals surface area contributed by atoms with Gasteiger partial charge in [0.1, 0.15) is 22.8 Å². The van der Waals surface area contributed by atoms with Crippen molar-refractivity contribution in [1.29, 1.82) is 0 Å². The van der Waals surface area contributed by atoms with Gasteiger partial charge in [-0.1, -0.05) is 18.2 Å². The molecule has 41 heavy (non-hydrogen) atoms. The second-order valence-corrected chi connectivity index (χ2v) is 11.2. The zero-order valence-corrected chi connectivity index (χ0v) is 24.2. The summed E-state index contributed by atoms with van der Waals surface area (Å²) >= 11 is -2.18. The van der Waals surface area contributed by atoms with E-state index in [1.165, 1.54) is 19.2 Å². The molecule has 1 aliphatic rings. The third kappa shape index (κ3) is 6.70. The van der Waals surface area contributed by atoms with Crippen LogP contribution in [0, 0.1) is 0 Å². The number of para-hydroxylation sites is 2. The van der Waals surface area contributed by atoms with Crippen molar-refractivity contribution in [3.05, 3.63) is 60.2 Å². The van der Waals surface area contributed by atoms with E-state index in [2.05, 4.69) is 10.6 Å². The molecular formula is C29H32F3N3O5S. The van der Waals surface area contributed by atoms with Gasteiger partial charge < -0.3 is 29.2 Å². The molecule has 12 heteroatoms. The lowest BCUT2D eigenvalue weighted by Gasteiger charge is -2.40. The molecular weight excluding hydrogens is 559 g/mol. The van der Waals surface area contributed by atoms with Crippen molar-refractivity contribution in [1.82, 2.24) is 0 Å². The quantitative estimate of drug-likeness (QED) is 0.293. The van der Waals surface area contributed by atoms with Crippen molar-refractivity contribution in [3.63, 3.8) is 0 Å². The van der Waals surface area contributed by atoms with Crippen molar-refractivity contribution in [3.8, 4) is 28.4 Å². The number of alkyl halides is 3. The molecule has 0 aliphatic carbocycles. The summed E-state index contributed by atoms with van der Waals surface area (Å²) < 4.78 is 66.0. The van der Waals surface area contributed by atoms with E-state index < -0.39 is 35.0 Å². The van der Waals surface area contributed by atoms with Crippen molar-refractivity contribution >= 4 is 34.0 Å². The number of carbonyl (C=O) groups excluding carboxylic acids is 1. The first-order chi connectivity index (χ1) is 19.3. The fourth-order valence-electron chi connectivity index (χ4n) is 4.73. The fourth-order valence-corrected chi connectivity index (χ4v) is 5.53. The van der Waals surface area contributed by atoms with Crippen LogP contribution >= 0.6 is 0 Å². The predicted octanol–water partition coefficient (Wildman–Crippen LogP) is 6.14. The highest BCUT2D eigenvalue weighted by molar-refractivity contribution is 7.80. The van der Waals surface area contributed by atoms with Gasteiger partial charge in [0, 0.05) is 30.8 Å². The zero-order chi connectivity index (χ0) is 29.9. The molecule has 0 aromatic heterocycles. The van der Waals surface area contributed by atoms with Gasteiger partial charge in [-0.25, -0.2) is 4.21 Å². The zero-order valence-electron chi connectivity index (χ0n) is 23.3. The number of ether oxygens (including phenoxy) is 2. The lowest BCUT2D eigenvalue weighted by molar-refractivity contribution is -0.130. The average molecular weight is 592 g/mol. The van der Waals surface area contributed by atoms with Crippen LogP contribution in [0.3, 0.4) is 0 Å². The number of hydrogen-bond acceptors (Lipinski definition) is 7. The van der Waals surface area contributed by atoms with E-state index in [0.717, 1.165) is 22.5 Å². The molecule has 0 bridgehead atoms. The Morgan fingerprint density at radius 1 is 1.00 bits per heavy atom. The minimum atomic E-state index is -4.43. The summed E-state index contributed by atoms with van der Waals surface area (Å²) in [5, 5.41) is 6.74. The summed E-state index contributed by atoms with van der Waals surface area (Å²) in [6.07, 6.45) is -5.65. The number of halogens is 3. The molecule has 1 amide bonds. The van der Waals surface area contributed by atoms with E-state index in [4.69, 9.17) is 13.7 Å². The van der Waals surface area contributed by atoms with Crippen LogP contribution in [0.2, 0.25) is 0 Å². The molecule has 0 saturated carbocycles. The summed E-state index contributed by atoms with van der Waals surface area (Å²) in [6, 6.07) is 16.0. The van der Waals surface area contributed by atoms with E-state index in [-0.39, 0.29) is 11.7 Å². The largest absolute Gasteiger partial charge is 0.496 e. The third-order valence-electron chi connectivity index (χ3n) is 6.67. The topological polar surface area (TPSA) is 89.1 Å². The Morgan fingerprint density at radius 3 is 2.37 bits per heavy atom. The molecule has 0 radical (unpaired) electrons. The predicted molar refractivity (Wildman–Crippen MR) is 154 cm³/mol. The Labute approximate surface area is 239 Å². The van der Waals surface area contributed by atoms with Gasteiger partial charge in [0.15, 0.2) is 0 Å². The summed E-state index contributed by atoms with van der Waals surface area (Å²) in [5.41, 5.74) is 3.58. The van der Waals surface area contributed by atoms with Gasteiger partial charge >= 0.3 is 6.18 Å². The highest BCUT2D eigenvalue weighted by atomic mass is 32.2. The number of amides is 1. The molecule has 1 atom stereocenters. The number of nitrogens with zero attached hydrogens (tertiary/aromatic N) is 1. The number of nitrogens with one attached hydrogen (secondary N) is 2. The smallest absolute Gasteiger partial charge is 0.390 e. The van der Waals surface area contributed by atoms with Crippen LogP contribution in [-0.2, 0) is 22.4 Å². The Bertz CT molecular complexity index is 1460. The Morgan fingerprint density at radius 2 is 1.68 bits per heavy atom. The molecule has 1 aliphatic heterocycles. The SMILES string of the molecule is COc1ccccc1NCc1c(-c2ccc(OS(=O)CCC(F)(F)F)cc2OC)ccc2c1N(C)C(=O)C(C)(C)N2. The highest BCUT2D eigenvalue weighted by Gasteiger charge is 2.38. The van der Waals surface area contributed by atoms with E-state index >= 15 is 0 Å². The summed E-state index contributed by atoms with van der Waals surface area (Å²) in [4.78, 5) is 14.9. The van der Waals surface area contributed by atoms with E-state index in [1.807, 2.05) is 50.2 Å². The molecule has 0 saturated heterocycles. The second-order valence-electron chi connectivity index (χ2n) is 9.97. The maximum Gasteiger partial charge on any atom is 0.390 e. The monoisotopic (exact) mass is 591 g/mol. The maximum absolute atomic E-state index is 13.3. The maximum atomic E-state index is 13.3. The van der Waals surface area contributed by atoms with Crippen molar-refractivity contribution in [2.24, 2.45) is 0 Å². The van der Waals surface area contributed by atoms with Gasteiger partial charge in [0.2, 0.25) is 11.1 Å². The van der Waals surface area contributed by atoms with Gasteiger partial charge in [-0.15, -0.1) is 0 Å². The molecule has 1 heterocycles. The van der Waals surface area contributed by atoms with Crippen LogP contribution in [0.1, 0.15) is 25.8 Å². The Hall–Kier alpha value is -3.93. The van der Waals surface area contributed by atoms with Crippen LogP contribution < -0.4 is 29.2 Å². The lowest BCUT2D eigenvalue weighted by atomic mass is 9.91. The Balaban J connectivity index is 1.76. The van der Waals surface area contributed by atoms with Gasteiger partial charge in [-0.3, -0.25) is 4.79 Å². The molecule has 3 aromatic carbocycles. The molecule has 0 spiro atoms. The summed E-state index contributed by atoms with van der Waals surface area (Å²) in [7, 11) is 4.76. The summed E-state index contributed by atoms with van der Waals surface area (Å²) in [6.45, 7) is 3.94. The molecule has 220 valence electrons. The fraction of sp³-hybridized carbons (Fsp3) is 0.345. The van der Waals surface area contributed by atoms with Crippen LogP contribution in [-0.4, -0.2) is 48.9 Å². The molecule has 1 unspecified atom stereocenters. The molecule has 2 N–H and O–H groups in total. The average Bonchev–Trinajstić information content (AvgIpc) is 2.93. The second kappa shape index (κ2) is 11.9. The standard InChI is InChI=1S/C29H32F3N3O5S/c1-28(2)27(36)35(3)26-21(17-33-22-8-6-7-9-24(22)38-4)19(12-13-23(26)34-28)20-11-10-18(16-25(20)39-5)40-41(37)15-14-29(30,31)32/h6-13,16,33-34H,14-15,17H2,1-5H3. The molecule has 4 rings (SSSR count). The van der Waals surface area contributed by atoms with Crippen LogP contribution in [0.25, 0.3) is 11.1 Å². The molecule has 3 aromatic rings. The normalized spacial score (nSPS) is 15.0. The first-order valence-corrected chi connectivity index (χ1v) is 14.0. The third-order valence-corrected chi connectivity index (χ3v) is 7.59. The highest BCUT2D eigenvalue weighted by Crippen LogP contribution is 2.45. The first kappa shape index (κ1) is 30.0. The number of hydrogen-bond donors (Lipinski definition) is 2. The number of fused-ring (bicyclic) bond motifs is 1. The van der Waals surface area contributed by atoms with E-state index in [9.17, 15) is 22.2 Å². The van der Waals surface area contributed by atoms with Gasteiger partial charge in [0.05, 0.1) is 43.5 Å². The molecule has 8 nitrogen and oxygen atoms in total. The van der Waals surface area contributed by atoms with Crippen LogP contribution in [0.4, 0.5) is 30.2 Å². The van der Waals surface area contributed by atoms with Crippen molar-refractivity contribution in [2.75, 3.05) is 42.6 Å². The summed E-state index contributed by atoms with van der Waals surface area (Å²) in [5.74, 6) is 0.319. The minimum Gasteiger partial charge on any atom is -0.496 e. The van der Waals surface area contributed by atoms with E-state index in [1.54, 1.807) is 25.1 Å². The van der Waals surface area contributed by atoms with E-state index in [0.29, 0.717) is 29.3 Å². The van der Waals surface area contributed by atoms with Crippen LogP contribution in [0.15, 0.2) is 54.6 Å². The number of carbonyl (C=O) groups is 1. The number of methoxy groups -OCH3 is 2. The number of likely N-dealkylation sites (N-methyl/N-ethyl adjacent to an activating group) is 1. The van der Waals surface area contributed by atoms with Crippen molar-refractivity contribution in [2.45, 2.75) is 38.5 Å². The lowest BCUT2D eigenvalue weighted by Crippen LogP contribution is -2.52.